The first-order valence-electron chi connectivity index (χ1n) is 7.40. The number of nitrogens with zero attached hydrogens (tertiary/aromatic N) is 3. The molecule has 4 rings (SSSR count). The quantitative estimate of drug-likeness (QED) is 0.781. The molecular weight excluding hydrogens is 290 g/mol. The topological polar surface area (TPSA) is 71.8 Å². The van der Waals surface area contributed by atoms with Gasteiger partial charge in [-0.25, -0.2) is 14.8 Å². The van der Waals surface area contributed by atoms with Gasteiger partial charge in [-0.15, -0.1) is 0 Å². The van der Waals surface area contributed by atoms with Crippen molar-refractivity contribution in [2.45, 2.75) is 6.04 Å². The molecular formula is C17H15N5O. The summed E-state index contributed by atoms with van der Waals surface area (Å²) in [7, 11) is 0. The van der Waals surface area contributed by atoms with Crippen LogP contribution in [0.1, 0.15) is 11.6 Å². The van der Waals surface area contributed by atoms with Gasteiger partial charge in [-0.3, -0.25) is 5.32 Å². The van der Waals surface area contributed by atoms with Crippen LogP contribution in [-0.2, 0) is 0 Å². The Labute approximate surface area is 133 Å². The smallest absolute Gasteiger partial charge is 0.320 e. The van der Waals surface area contributed by atoms with Crippen molar-refractivity contribution >= 4 is 11.8 Å². The van der Waals surface area contributed by atoms with Gasteiger partial charge >= 0.3 is 6.03 Å². The summed E-state index contributed by atoms with van der Waals surface area (Å²) in [5.74, 6) is 0.528. The maximum Gasteiger partial charge on any atom is 0.320 e. The van der Waals surface area contributed by atoms with Crippen molar-refractivity contribution in [3.05, 3.63) is 66.7 Å². The van der Waals surface area contributed by atoms with E-state index < -0.39 is 0 Å². The fourth-order valence-corrected chi connectivity index (χ4v) is 2.93. The number of aromatic nitrogens is 3. The number of fused-ring (bicyclic) bond motifs is 3. The summed E-state index contributed by atoms with van der Waals surface area (Å²) < 4.78 is 2.09. The number of hydrogen-bond acceptors (Lipinski definition) is 3. The van der Waals surface area contributed by atoms with E-state index in [0.29, 0.717) is 12.4 Å². The first-order valence-corrected chi connectivity index (χ1v) is 7.40. The highest BCUT2D eigenvalue weighted by atomic mass is 16.2. The summed E-state index contributed by atoms with van der Waals surface area (Å²) in [6.07, 6.45) is 5.30. The van der Waals surface area contributed by atoms with Crippen LogP contribution in [0.5, 0.6) is 0 Å². The number of hydrogen-bond donors (Lipinski definition) is 2. The van der Waals surface area contributed by atoms with E-state index in [1.54, 1.807) is 24.7 Å². The molecule has 0 saturated carbocycles. The van der Waals surface area contributed by atoms with E-state index in [0.717, 1.165) is 5.69 Å². The molecule has 0 radical (unpaired) electrons. The molecule has 1 aromatic carbocycles. The Kier molecular flexibility index (Phi) is 3.27. The lowest BCUT2D eigenvalue weighted by atomic mass is 10.0. The number of rotatable bonds is 3. The van der Waals surface area contributed by atoms with Crippen LogP contribution in [0.2, 0.25) is 0 Å². The number of nitrogens with one attached hydrogen (secondary N) is 2. The van der Waals surface area contributed by atoms with Gasteiger partial charge < -0.3 is 9.88 Å². The fraction of sp³-hybridized carbons (Fsp3) is 0.118. The molecule has 3 aromatic rings. The molecule has 0 bridgehead atoms. The zero-order valence-electron chi connectivity index (χ0n) is 12.3. The maximum absolute atomic E-state index is 12.0. The fourth-order valence-electron chi connectivity index (χ4n) is 2.93. The SMILES string of the molecule is O=C(NCC1c2ccccc2-c2cncn21)Nc1ccccn1. The molecule has 0 spiro atoms. The highest BCUT2D eigenvalue weighted by molar-refractivity contribution is 5.88. The first kappa shape index (κ1) is 13.5. The van der Waals surface area contributed by atoms with Crippen LogP contribution in [-0.4, -0.2) is 27.1 Å². The van der Waals surface area contributed by atoms with E-state index in [9.17, 15) is 4.79 Å². The molecule has 114 valence electrons. The Hall–Kier alpha value is -3.15. The largest absolute Gasteiger partial charge is 0.335 e. The van der Waals surface area contributed by atoms with Gasteiger partial charge in [-0.05, 0) is 17.7 Å². The van der Waals surface area contributed by atoms with Crippen LogP contribution in [0.25, 0.3) is 11.3 Å². The van der Waals surface area contributed by atoms with Gasteiger partial charge in [0.05, 0.1) is 24.3 Å². The monoisotopic (exact) mass is 305 g/mol. The zero-order chi connectivity index (χ0) is 15.6. The molecule has 6 nitrogen and oxygen atoms in total. The number of amides is 2. The molecule has 0 saturated heterocycles. The van der Waals surface area contributed by atoms with Gasteiger partial charge in [-0.1, -0.05) is 30.3 Å². The summed E-state index contributed by atoms with van der Waals surface area (Å²) in [5.41, 5.74) is 3.45. The minimum Gasteiger partial charge on any atom is -0.335 e. The van der Waals surface area contributed by atoms with E-state index in [-0.39, 0.29) is 12.1 Å². The number of pyridine rings is 1. The van der Waals surface area contributed by atoms with Crippen LogP contribution in [0, 0.1) is 0 Å². The minimum atomic E-state index is -0.269. The molecule has 2 amide bonds. The minimum absolute atomic E-state index is 0.0539. The van der Waals surface area contributed by atoms with E-state index >= 15 is 0 Å². The second-order valence-electron chi connectivity index (χ2n) is 5.34. The Bertz CT molecular complexity index is 843. The molecule has 0 fully saturated rings. The molecule has 2 aromatic heterocycles. The third kappa shape index (κ3) is 2.44. The second-order valence-corrected chi connectivity index (χ2v) is 5.34. The van der Waals surface area contributed by atoms with Crippen LogP contribution < -0.4 is 10.6 Å². The first-order chi connectivity index (χ1) is 11.3. The van der Waals surface area contributed by atoms with E-state index in [1.165, 1.54) is 11.1 Å². The van der Waals surface area contributed by atoms with Crippen LogP contribution in [0.15, 0.2) is 61.2 Å². The number of anilines is 1. The molecule has 23 heavy (non-hydrogen) atoms. The average molecular weight is 305 g/mol. The Morgan fingerprint density at radius 2 is 2.04 bits per heavy atom. The van der Waals surface area contributed by atoms with Gasteiger partial charge in [0.2, 0.25) is 0 Å². The van der Waals surface area contributed by atoms with Gasteiger partial charge in [0.1, 0.15) is 5.82 Å². The molecule has 1 atom stereocenters. The van der Waals surface area contributed by atoms with Crippen molar-refractivity contribution in [1.82, 2.24) is 19.9 Å². The van der Waals surface area contributed by atoms with Gasteiger partial charge in [-0.2, -0.15) is 0 Å². The third-order valence-electron chi connectivity index (χ3n) is 3.96. The van der Waals surface area contributed by atoms with E-state index in [1.807, 2.05) is 24.4 Å². The van der Waals surface area contributed by atoms with Crippen LogP contribution in [0.4, 0.5) is 10.6 Å². The molecule has 0 aliphatic carbocycles. The molecule has 1 unspecified atom stereocenters. The molecule has 6 heteroatoms. The lowest BCUT2D eigenvalue weighted by molar-refractivity contribution is 0.251. The Morgan fingerprint density at radius 3 is 2.91 bits per heavy atom. The normalized spacial score (nSPS) is 14.9. The summed E-state index contributed by atoms with van der Waals surface area (Å²) >= 11 is 0. The summed E-state index contributed by atoms with van der Waals surface area (Å²) in [5, 5.41) is 5.63. The van der Waals surface area contributed by atoms with Crippen molar-refractivity contribution in [1.29, 1.82) is 0 Å². The zero-order valence-corrected chi connectivity index (χ0v) is 12.3. The van der Waals surface area contributed by atoms with Crippen molar-refractivity contribution in [2.75, 3.05) is 11.9 Å². The highest BCUT2D eigenvalue weighted by Gasteiger charge is 2.28. The van der Waals surface area contributed by atoms with Gasteiger partial charge in [0.15, 0.2) is 0 Å². The summed E-state index contributed by atoms with van der Waals surface area (Å²) in [6.45, 7) is 0.485. The van der Waals surface area contributed by atoms with E-state index in [4.69, 9.17) is 0 Å². The highest BCUT2D eigenvalue weighted by Crippen LogP contribution is 2.38. The number of imidazole rings is 1. The number of urea groups is 1. The standard InChI is InChI=1S/C17H15N5O/c23-17(21-16-7-3-4-8-19-16)20-10-15-13-6-2-1-5-12(13)14-9-18-11-22(14)15/h1-9,11,15H,10H2,(H2,19,20,21,23). The predicted molar refractivity (Wildman–Crippen MR) is 87.1 cm³/mol. The molecule has 1 aliphatic heterocycles. The van der Waals surface area contributed by atoms with Crippen molar-refractivity contribution in [3.63, 3.8) is 0 Å². The molecule has 1 aliphatic rings. The maximum atomic E-state index is 12.0. The lowest BCUT2D eigenvalue weighted by Crippen LogP contribution is -2.33. The van der Waals surface area contributed by atoms with Gasteiger partial charge in [0, 0.05) is 18.3 Å². The number of benzene rings is 1. The van der Waals surface area contributed by atoms with Crippen molar-refractivity contribution in [3.8, 4) is 11.3 Å². The van der Waals surface area contributed by atoms with Gasteiger partial charge in [0.25, 0.3) is 0 Å². The lowest BCUT2D eigenvalue weighted by Gasteiger charge is -2.16. The number of carbonyl (C=O) groups is 1. The second kappa shape index (κ2) is 5.57. The molecule has 3 heterocycles. The Balaban J connectivity index is 1.48. The Morgan fingerprint density at radius 1 is 1.17 bits per heavy atom. The summed E-state index contributed by atoms with van der Waals surface area (Å²) in [6, 6.07) is 13.4. The van der Waals surface area contributed by atoms with Crippen molar-refractivity contribution < 1.29 is 4.79 Å². The summed E-state index contributed by atoms with van der Waals surface area (Å²) in [4.78, 5) is 20.3. The average Bonchev–Trinajstić information content (AvgIpc) is 3.15. The third-order valence-corrected chi connectivity index (χ3v) is 3.96. The molecule has 2 N–H and O–H groups in total. The van der Waals surface area contributed by atoms with Crippen molar-refractivity contribution in [2.24, 2.45) is 0 Å². The van der Waals surface area contributed by atoms with E-state index in [2.05, 4.69) is 37.3 Å². The van der Waals surface area contributed by atoms with Crippen LogP contribution >= 0.6 is 0 Å². The van der Waals surface area contributed by atoms with Crippen LogP contribution in [0.3, 0.4) is 0 Å². The number of carbonyl (C=O) groups excluding carboxylic acids is 1. The predicted octanol–water partition coefficient (Wildman–Crippen LogP) is 2.67.